The second-order valence-electron chi connectivity index (χ2n) is 6.45. The molecule has 0 bridgehead atoms. The van der Waals surface area contributed by atoms with E-state index in [1.165, 1.54) is 0 Å². The molecule has 0 amide bonds. The molecule has 0 atom stereocenters. The van der Waals surface area contributed by atoms with Crippen LogP contribution in [0.3, 0.4) is 0 Å². The average molecular weight is 405 g/mol. The van der Waals surface area contributed by atoms with Gasteiger partial charge in [0.05, 0.1) is 13.2 Å². The van der Waals surface area contributed by atoms with Crippen LogP contribution in [0.25, 0.3) is 11.1 Å². The molecule has 0 aliphatic heterocycles. The van der Waals surface area contributed by atoms with Crippen LogP contribution in [0.4, 0.5) is 0 Å². The fourth-order valence-corrected chi connectivity index (χ4v) is 4.66. The van der Waals surface area contributed by atoms with Crippen molar-refractivity contribution in [1.82, 2.24) is 0 Å². The summed E-state index contributed by atoms with van der Waals surface area (Å²) in [4.78, 5) is 0. The van der Waals surface area contributed by atoms with Crippen molar-refractivity contribution in [2.24, 2.45) is 0 Å². The number of para-hydroxylation sites is 1. The fourth-order valence-electron chi connectivity index (χ4n) is 2.97. The molecule has 0 aliphatic carbocycles. The van der Waals surface area contributed by atoms with Crippen LogP contribution in [-0.2, 0) is 13.3 Å². The van der Waals surface area contributed by atoms with Crippen molar-refractivity contribution in [1.29, 1.82) is 0 Å². The van der Waals surface area contributed by atoms with Gasteiger partial charge in [-0.25, -0.2) is 0 Å². The maximum absolute atomic E-state index is 6.21. The molecule has 5 nitrogen and oxygen atoms in total. The lowest BCUT2D eigenvalue weighted by Gasteiger charge is -2.24. The molecule has 2 aromatic rings. The molecule has 28 heavy (non-hydrogen) atoms. The predicted molar refractivity (Wildman–Crippen MR) is 114 cm³/mol. The molecule has 0 unspecified atom stereocenters. The average Bonchev–Trinajstić information content (AvgIpc) is 2.76. The standard InChI is InChI=1S/C22H32O5Si/c1-5-6-16-26-21-15-10-14-20(19-12-8-7-9-13-19)22(21)27-17-11-18-28(23-2,24-3)25-4/h7-10,12-15H,5-6,11,16-18H2,1-4H3. The number of hydrogen-bond acceptors (Lipinski definition) is 5. The number of benzene rings is 2. The van der Waals surface area contributed by atoms with Crippen LogP contribution in [0, 0.1) is 0 Å². The molecule has 2 rings (SSSR count). The molecular weight excluding hydrogens is 372 g/mol. The van der Waals surface area contributed by atoms with E-state index in [-0.39, 0.29) is 0 Å². The van der Waals surface area contributed by atoms with Crippen molar-refractivity contribution >= 4 is 8.80 Å². The Morgan fingerprint density at radius 3 is 2.07 bits per heavy atom. The number of hydrogen-bond donors (Lipinski definition) is 0. The maximum atomic E-state index is 6.21. The second kappa shape index (κ2) is 11.9. The molecule has 0 aromatic heterocycles. The molecule has 0 saturated carbocycles. The Labute approximate surface area is 169 Å². The van der Waals surface area contributed by atoms with E-state index in [0.717, 1.165) is 41.9 Å². The summed E-state index contributed by atoms with van der Waals surface area (Å²) in [6.45, 7) is 3.36. The van der Waals surface area contributed by atoms with Crippen molar-refractivity contribution in [3.63, 3.8) is 0 Å². The van der Waals surface area contributed by atoms with Gasteiger partial charge in [-0.1, -0.05) is 55.8 Å². The van der Waals surface area contributed by atoms with Crippen LogP contribution in [0.5, 0.6) is 11.5 Å². The molecule has 0 N–H and O–H groups in total. The van der Waals surface area contributed by atoms with E-state index < -0.39 is 8.80 Å². The summed E-state index contributed by atoms with van der Waals surface area (Å²) in [7, 11) is 2.30. The smallest absolute Gasteiger partial charge is 0.490 e. The summed E-state index contributed by atoms with van der Waals surface area (Å²) in [5.74, 6) is 1.56. The maximum Gasteiger partial charge on any atom is 0.500 e. The minimum atomic E-state index is -2.58. The topological polar surface area (TPSA) is 46.2 Å². The third kappa shape index (κ3) is 6.07. The zero-order valence-electron chi connectivity index (χ0n) is 17.4. The predicted octanol–water partition coefficient (Wildman–Crippen LogP) is 5.18. The molecule has 0 heterocycles. The van der Waals surface area contributed by atoms with Crippen LogP contribution < -0.4 is 9.47 Å². The van der Waals surface area contributed by atoms with Gasteiger partial charge in [0.15, 0.2) is 11.5 Å². The normalized spacial score (nSPS) is 11.4. The van der Waals surface area contributed by atoms with Crippen LogP contribution in [0.2, 0.25) is 6.04 Å². The molecule has 6 heteroatoms. The third-order valence-electron chi connectivity index (χ3n) is 4.63. The van der Waals surface area contributed by atoms with Gasteiger partial charge in [-0.05, 0) is 24.5 Å². The van der Waals surface area contributed by atoms with E-state index in [9.17, 15) is 0 Å². The molecule has 2 aromatic carbocycles. The van der Waals surface area contributed by atoms with E-state index in [0.29, 0.717) is 19.3 Å². The highest BCUT2D eigenvalue weighted by molar-refractivity contribution is 6.60. The quantitative estimate of drug-likeness (QED) is 0.340. The summed E-state index contributed by atoms with van der Waals surface area (Å²) in [5.41, 5.74) is 2.14. The van der Waals surface area contributed by atoms with Crippen molar-refractivity contribution < 1.29 is 22.8 Å². The van der Waals surface area contributed by atoms with E-state index in [1.54, 1.807) is 21.3 Å². The Bertz CT molecular complexity index is 680. The monoisotopic (exact) mass is 404 g/mol. The Balaban J connectivity index is 2.15. The molecule has 0 saturated heterocycles. The van der Waals surface area contributed by atoms with Gasteiger partial charge in [-0.3, -0.25) is 0 Å². The largest absolute Gasteiger partial charge is 0.500 e. The fraction of sp³-hybridized carbons (Fsp3) is 0.455. The first-order valence-corrected chi connectivity index (χ1v) is 11.7. The van der Waals surface area contributed by atoms with Crippen LogP contribution in [0.1, 0.15) is 26.2 Å². The zero-order valence-corrected chi connectivity index (χ0v) is 18.4. The van der Waals surface area contributed by atoms with Gasteiger partial charge >= 0.3 is 8.80 Å². The molecule has 0 fully saturated rings. The van der Waals surface area contributed by atoms with E-state index in [2.05, 4.69) is 25.1 Å². The Morgan fingerprint density at radius 1 is 0.750 bits per heavy atom. The third-order valence-corrected chi connectivity index (χ3v) is 7.46. The Hall–Kier alpha value is -1.86. The first-order valence-electron chi connectivity index (χ1n) is 9.79. The molecule has 0 spiro atoms. The van der Waals surface area contributed by atoms with E-state index in [1.807, 2.05) is 30.3 Å². The van der Waals surface area contributed by atoms with Gasteiger partial charge in [-0.15, -0.1) is 0 Å². The summed E-state index contributed by atoms with van der Waals surface area (Å²) in [6.07, 6.45) is 2.87. The van der Waals surface area contributed by atoms with Gasteiger partial charge in [0.25, 0.3) is 0 Å². The summed E-state index contributed by atoms with van der Waals surface area (Å²) < 4.78 is 28.7. The van der Waals surface area contributed by atoms with E-state index in [4.69, 9.17) is 22.8 Å². The zero-order chi connectivity index (χ0) is 20.2. The minimum Gasteiger partial charge on any atom is -0.490 e. The van der Waals surface area contributed by atoms with Crippen molar-refractivity contribution in [2.75, 3.05) is 34.5 Å². The van der Waals surface area contributed by atoms with Gasteiger partial charge in [0.2, 0.25) is 0 Å². The first-order chi connectivity index (χ1) is 13.7. The number of ether oxygens (including phenoxy) is 2. The second-order valence-corrected chi connectivity index (χ2v) is 9.54. The van der Waals surface area contributed by atoms with Crippen LogP contribution in [0.15, 0.2) is 48.5 Å². The van der Waals surface area contributed by atoms with Gasteiger partial charge in [-0.2, -0.15) is 0 Å². The van der Waals surface area contributed by atoms with Gasteiger partial charge in [0, 0.05) is 32.9 Å². The SMILES string of the molecule is CCCCOc1cccc(-c2ccccc2)c1OCCC[Si](OC)(OC)OC. The highest BCUT2D eigenvalue weighted by Crippen LogP contribution is 2.38. The first kappa shape index (κ1) is 22.4. The van der Waals surface area contributed by atoms with E-state index >= 15 is 0 Å². The highest BCUT2D eigenvalue weighted by Gasteiger charge is 2.37. The number of unbranched alkanes of at least 4 members (excludes halogenated alkanes) is 1. The molecule has 0 radical (unpaired) electrons. The van der Waals surface area contributed by atoms with Crippen LogP contribution in [-0.4, -0.2) is 43.3 Å². The van der Waals surface area contributed by atoms with Crippen molar-refractivity contribution in [3.8, 4) is 22.6 Å². The minimum absolute atomic E-state index is 0.527. The lowest BCUT2D eigenvalue weighted by Crippen LogP contribution is -2.42. The molecule has 154 valence electrons. The summed E-state index contributed by atoms with van der Waals surface area (Å²) in [5, 5.41) is 0. The lowest BCUT2D eigenvalue weighted by atomic mass is 10.0. The Morgan fingerprint density at radius 2 is 1.43 bits per heavy atom. The molecule has 0 aliphatic rings. The summed E-state index contributed by atoms with van der Waals surface area (Å²) in [6, 6.07) is 17.0. The molecular formula is C22H32O5Si. The van der Waals surface area contributed by atoms with Gasteiger partial charge < -0.3 is 22.8 Å². The summed E-state index contributed by atoms with van der Waals surface area (Å²) >= 11 is 0. The van der Waals surface area contributed by atoms with Crippen molar-refractivity contribution in [2.45, 2.75) is 32.2 Å². The van der Waals surface area contributed by atoms with Crippen LogP contribution >= 0.6 is 0 Å². The highest BCUT2D eigenvalue weighted by atomic mass is 28.4. The lowest BCUT2D eigenvalue weighted by molar-refractivity contribution is 0.121. The van der Waals surface area contributed by atoms with Gasteiger partial charge in [0.1, 0.15) is 0 Å². The Kier molecular flexibility index (Phi) is 9.50. The number of rotatable bonds is 13. The van der Waals surface area contributed by atoms with Crippen molar-refractivity contribution in [3.05, 3.63) is 48.5 Å².